The Morgan fingerprint density at radius 2 is 2.00 bits per heavy atom. The maximum atomic E-state index is 12.3. The van der Waals surface area contributed by atoms with Crippen LogP contribution in [0.5, 0.6) is 5.75 Å². The van der Waals surface area contributed by atoms with E-state index in [1.165, 1.54) is 0 Å². The van der Waals surface area contributed by atoms with Crippen LogP contribution in [-0.4, -0.2) is 13.0 Å². The smallest absolute Gasteiger partial charge is 0.251 e. The van der Waals surface area contributed by atoms with Gasteiger partial charge < -0.3 is 10.1 Å². The Labute approximate surface area is 129 Å². The highest BCUT2D eigenvalue weighted by atomic mass is 35.5. The third-order valence-corrected chi connectivity index (χ3v) is 3.59. The molecule has 0 aliphatic heterocycles. The van der Waals surface area contributed by atoms with Crippen LogP contribution in [0, 0.1) is 0 Å². The topological polar surface area (TPSA) is 38.3 Å². The third kappa shape index (κ3) is 3.99. The molecule has 2 aromatic rings. The molecular formula is C17H18ClNO2. The van der Waals surface area contributed by atoms with E-state index in [0.29, 0.717) is 11.4 Å². The molecule has 1 N–H and O–H groups in total. The number of nitrogens with one attached hydrogen (secondary N) is 1. The van der Waals surface area contributed by atoms with Crippen LogP contribution in [0.4, 0.5) is 0 Å². The Morgan fingerprint density at radius 3 is 2.71 bits per heavy atom. The number of methoxy groups -OCH3 is 1. The number of amides is 1. The van der Waals surface area contributed by atoms with Crippen molar-refractivity contribution in [1.29, 1.82) is 0 Å². The highest BCUT2D eigenvalue weighted by Gasteiger charge is 2.12. The number of hydrogen-bond donors (Lipinski definition) is 1. The molecule has 21 heavy (non-hydrogen) atoms. The summed E-state index contributed by atoms with van der Waals surface area (Å²) in [7, 11) is 1.63. The fourth-order valence-corrected chi connectivity index (χ4v) is 2.24. The predicted molar refractivity (Wildman–Crippen MR) is 84.9 cm³/mol. The Kier molecular flexibility index (Phi) is 5.23. The lowest BCUT2D eigenvalue weighted by molar-refractivity contribution is 0.0939. The van der Waals surface area contributed by atoms with Gasteiger partial charge in [0.1, 0.15) is 5.75 Å². The minimum Gasteiger partial charge on any atom is -0.497 e. The molecule has 3 nitrogen and oxygen atoms in total. The normalized spacial score (nSPS) is 11.8. The minimum atomic E-state index is -0.114. The first-order chi connectivity index (χ1) is 10.1. The number of carbonyl (C=O) groups excluding carboxylic acids is 1. The van der Waals surface area contributed by atoms with E-state index in [2.05, 4.69) is 5.32 Å². The van der Waals surface area contributed by atoms with E-state index >= 15 is 0 Å². The molecule has 110 valence electrons. The minimum absolute atomic E-state index is 0.104. The van der Waals surface area contributed by atoms with Crippen LogP contribution in [0.25, 0.3) is 0 Å². The van der Waals surface area contributed by atoms with Gasteiger partial charge in [-0.25, -0.2) is 0 Å². The lowest BCUT2D eigenvalue weighted by Gasteiger charge is -2.15. The van der Waals surface area contributed by atoms with Gasteiger partial charge in [-0.3, -0.25) is 4.79 Å². The van der Waals surface area contributed by atoms with Crippen molar-refractivity contribution >= 4 is 17.5 Å². The van der Waals surface area contributed by atoms with Crippen molar-refractivity contribution in [3.63, 3.8) is 0 Å². The summed E-state index contributed by atoms with van der Waals surface area (Å²) < 4.78 is 5.20. The average Bonchev–Trinajstić information content (AvgIpc) is 2.54. The summed E-state index contributed by atoms with van der Waals surface area (Å²) in [5.74, 6) is 1.06. The number of ether oxygens (including phenoxy) is 1. The van der Waals surface area contributed by atoms with Crippen molar-refractivity contribution in [3.05, 3.63) is 65.2 Å². The first-order valence-electron chi connectivity index (χ1n) is 6.73. The van der Waals surface area contributed by atoms with Crippen LogP contribution >= 0.6 is 11.6 Å². The van der Waals surface area contributed by atoms with Crippen LogP contribution < -0.4 is 10.1 Å². The lowest BCUT2D eigenvalue weighted by Crippen LogP contribution is -2.26. The second-order valence-electron chi connectivity index (χ2n) is 4.81. The maximum Gasteiger partial charge on any atom is 0.251 e. The number of carbonyl (C=O) groups is 1. The molecule has 0 aliphatic carbocycles. The molecule has 1 amide bonds. The van der Waals surface area contributed by atoms with Gasteiger partial charge in [-0.05, 0) is 42.3 Å². The van der Waals surface area contributed by atoms with Crippen LogP contribution in [0.2, 0.25) is 0 Å². The van der Waals surface area contributed by atoms with Crippen molar-refractivity contribution in [2.75, 3.05) is 7.11 Å². The van der Waals surface area contributed by atoms with Crippen molar-refractivity contribution < 1.29 is 9.53 Å². The Balaban J connectivity index is 2.10. The first-order valence-corrected chi connectivity index (χ1v) is 7.27. The summed E-state index contributed by atoms with van der Waals surface area (Å²) in [5.41, 5.74) is 2.54. The molecule has 0 heterocycles. The molecule has 0 bridgehead atoms. The summed E-state index contributed by atoms with van der Waals surface area (Å²) >= 11 is 5.79. The highest BCUT2D eigenvalue weighted by molar-refractivity contribution is 6.17. The van der Waals surface area contributed by atoms with Crippen molar-refractivity contribution in [2.45, 2.75) is 18.8 Å². The molecule has 0 saturated carbocycles. The molecule has 2 aromatic carbocycles. The molecular weight excluding hydrogens is 286 g/mol. The van der Waals surface area contributed by atoms with Gasteiger partial charge in [-0.1, -0.05) is 24.3 Å². The van der Waals surface area contributed by atoms with Crippen LogP contribution in [0.15, 0.2) is 48.5 Å². The van der Waals surface area contributed by atoms with Gasteiger partial charge in [-0.15, -0.1) is 11.6 Å². The van der Waals surface area contributed by atoms with Gasteiger partial charge in [0.15, 0.2) is 0 Å². The second kappa shape index (κ2) is 7.14. The summed E-state index contributed by atoms with van der Waals surface area (Å²) in [6.45, 7) is 1.94. The van der Waals surface area contributed by atoms with E-state index in [1.54, 1.807) is 19.2 Å². The van der Waals surface area contributed by atoms with E-state index in [4.69, 9.17) is 16.3 Å². The summed E-state index contributed by atoms with van der Waals surface area (Å²) in [6.07, 6.45) is 0. The Morgan fingerprint density at radius 1 is 1.24 bits per heavy atom. The SMILES string of the molecule is COc1cccc([C@@H](C)NC(=O)c2cccc(CCl)c2)c1. The summed E-state index contributed by atoms with van der Waals surface area (Å²) in [6, 6.07) is 14.9. The largest absolute Gasteiger partial charge is 0.497 e. The standard InChI is InChI=1S/C17H18ClNO2/c1-12(14-6-4-8-16(10-14)21-2)19-17(20)15-7-3-5-13(9-15)11-18/h3-10,12H,11H2,1-2H3,(H,19,20)/t12-/m1/s1. The van der Waals surface area contributed by atoms with Crippen LogP contribution in [0.3, 0.4) is 0 Å². The number of rotatable bonds is 5. The van der Waals surface area contributed by atoms with E-state index < -0.39 is 0 Å². The zero-order valence-corrected chi connectivity index (χ0v) is 12.9. The van der Waals surface area contributed by atoms with Gasteiger partial charge in [0.05, 0.1) is 13.2 Å². The fraction of sp³-hybridized carbons (Fsp3) is 0.235. The predicted octanol–water partition coefficient (Wildman–Crippen LogP) is 3.93. The number of hydrogen-bond acceptors (Lipinski definition) is 2. The van der Waals surface area contributed by atoms with Crippen LogP contribution in [0.1, 0.15) is 34.5 Å². The number of benzene rings is 2. The van der Waals surface area contributed by atoms with Crippen LogP contribution in [-0.2, 0) is 5.88 Å². The van der Waals surface area contributed by atoms with Gasteiger partial charge in [-0.2, -0.15) is 0 Å². The molecule has 4 heteroatoms. The lowest BCUT2D eigenvalue weighted by atomic mass is 10.1. The summed E-state index contributed by atoms with van der Waals surface area (Å²) in [5, 5.41) is 2.98. The zero-order valence-electron chi connectivity index (χ0n) is 12.1. The quantitative estimate of drug-likeness (QED) is 0.850. The second-order valence-corrected chi connectivity index (χ2v) is 5.07. The third-order valence-electron chi connectivity index (χ3n) is 3.28. The fourth-order valence-electron chi connectivity index (χ4n) is 2.07. The number of halogens is 1. The van der Waals surface area contributed by atoms with E-state index in [-0.39, 0.29) is 11.9 Å². The van der Waals surface area contributed by atoms with Gasteiger partial charge >= 0.3 is 0 Å². The van der Waals surface area contributed by atoms with Crippen molar-refractivity contribution in [3.8, 4) is 5.75 Å². The Hall–Kier alpha value is -2.00. The molecule has 1 atom stereocenters. The molecule has 0 aromatic heterocycles. The van der Waals surface area contributed by atoms with Gasteiger partial charge in [0.25, 0.3) is 5.91 Å². The average molecular weight is 304 g/mol. The van der Waals surface area contributed by atoms with Gasteiger partial charge in [0, 0.05) is 11.4 Å². The first kappa shape index (κ1) is 15.4. The molecule has 0 saturated heterocycles. The maximum absolute atomic E-state index is 12.3. The van der Waals surface area contributed by atoms with Crippen molar-refractivity contribution in [1.82, 2.24) is 5.32 Å². The molecule has 0 aliphatic rings. The van der Waals surface area contributed by atoms with Gasteiger partial charge in [0.2, 0.25) is 0 Å². The van der Waals surface area contributed by atoms with E-state index in [9.17, 15) is 4.79 Å². The highest BCUT2D eigenvalue weighted by Crippen LogP contribution is 2.19. The summed E-state index contributed by atoms with van der Waals surface area (Å²) in [4.78, 5) is 12.3. The van der Waals surface area contributed by atoms with E-state index in [0.717, 1.165) is 16.9 Å². The Bertz CT molecular complexity index is 628. The molecule has 0 fully saturated rings. The van der Waals surface area contributed by atoms with Crippen molar-refractivity contribution in [2.24, 2.45) is 0 Å². The monoisotopic (exact) mass is 303 g/mol. The zero-order chi connectivity index (χ0) is 15.2. The van der Waals surface area contributed by atoms with E-state index in [1.807, 2.05) is 43.3 Å². The molecule has 0 spiro atoms. The molecule has 0 unspecified atom stereocenters. The molecule has 2 rings (SSSR count). The number of alkyl halides is 1. The molecule has 0 radical (unpaired) electrons.